The van der Waals surface area contributed by atoms with Gasteiger partial charge in [0.2, 0.25) is 5.79 Å². The number of fused-ring (bicyclic) bond motifs is 3. The van der Waals surface area contributed by atoms with Crippen LogP contribution in [-0.2, 0) is 19.0 Å². The Balaban J connectivity index is 1.24. The van der Waals surface area contributed by atoms with E-state index in [4.69, 9.17) is 14.2 Å². The number of esters is 1. The van der Waals surface area contributed by atoms with Crippen molar-refractivity contribution in [1.82, 2.24) is 0 Å². The summed E-state index contributed by atoms with van der Waals surface area (Å²) in [5.74, 6) is 1.27. The van der Waals surface area contributed by atoms with Crippen LogP contribution in [0.2, 0.25) is 0 Å². The van der Waals surface area contributed by atoms with Crippen LogP contribution in [0.5, 0.6) is 0 Å². The van der Waals surface area contributed by atoms with E-state index in [9.17, 15) is 4.79 Å². The second-order valence-electron chi connectivity index (χ2n) is 15.5. The summed E-state index contributed by atoms with van der Waals surface area (Å²) in [6.07, 6.45) is 13.9. The summed E-state index contributed by atoms with van der Waals surface area (Å²) in [6.45, 7) is 14.7. The molecule has 4 nitrogen and oxygen atoms in total. The molecule has 2 saturated heterocycles. The first-order chi connectivity index (χ1) is 16.4. The van der Waals surface area contributed by atoms with E-state index in [1.165, 1.54) is 51.4 Å². The largest absolute Gasteiger partial charge is 0.433 e. The lowest BCUT2D eigenvalue weighted by Gasteiger charge is -2.64. The highest BCUT2D eigenvalue weighted by molar-refractivity contribution is 5.74. The molecule has 0 amide bonds. The van der Waals surface area contributed by atoms with E-state index < -0.39 is 5.79 Å². The van der Waals surface area contributed by atoms with Gasteiger partial charge in [0.15, 0.2) is 0 Å². The maximum Gasteiger partial charge on any atom is 0.311 e. The van der Waals surface area contributed by atoms with E-state index in [1.54, 1.807) is 0 Å². The van der Waals surface area contributed by atoms with Crippen molar-refractivity contribution in [3.63, 3.8) is 0 Å². The molecule has 7 fully saturated rings. The maximum absolute atomic E-state index is 12.4. The lowest BCUT2D eigenvalue weighted by molar-refractivity contribution is -0.269. The Kier molecular flexibility index (Phi) is 4.37. The number of carbonyl (C=O) groups is 1. The highest BCUT2D eigenvalue weighted by Gasteiger charge is 2.85. The molecule has 0 aromatic carbocycles. The van der Waals surface area contributed by atoms with Crippen molar-refractivity contribution >= 4 is 5.97 Å². The number of rotatable bonds is 1. The van der Waals surface area contributed by atoms with Gasteiger partial charge < -0.3 is 14.2 Å². The lowest BCUT2D eigenvalue weighted by Crippen LogP contribution is -2.61. The SMILES string of the molecule is CO[C@H]1CC[C@]23C[C@]24CC[C@]2(C)[C@@]5(CC[C@]2(C)[C@@H]4CC[C@H]3C1(C)C)O[C@@]1(C[C@@H](C)C(=O)O1)C[C@@H]5C. The van der Waals surface area contributed by atoms with E-state index in [-0.39, 0.29) is 28.3 Å². The van der Waals surface area contributed by atoms with Crippen LogP contribution in [0.25, 0.3) is 0 Å². The zero-order valence-corrected chi connectivity index (χ0v) is 23.3. The zero-order valence-electron chi connectivity index (χ0n) is 23.3. The zero-order chi connectivity index (χ0) is 24.9. The topological polar surface area (TPSA) is 44.8 Å². The van der Waals surface area contributed by atoms with E-state index in [0.29, 0.717) is 28.3 Å². The van der Waals surface area contributed by atoms with Gasteiger partial charge in [-0.05, 0) is 97.2 Å². The quantitative estimate of drug-likeness (QED) is 0.380. The monoisotopic (exact) mass is 484 g/mol. The van der Waals surface area contributed by atoms with E-state index in [0.717, 1.165) is 31.1 Å². The van der Waals surface area contributed by atoms with Gasteiger partial charge in [-0.1, -0.05) is 41.5 Å². The van der Waals surface area contributed by atoms with Crippen LogP contribution in [0.4, 0.5) is 0 Å². The Hall–Kier alpha value is -0.610. The van der Waals surface area contributed by atoms with Crippen LogP contribution >= 0.6 is 0 Å². The molecule has 4 spiro atoms. The first-order valence-corrected chi connectivity index (χ1v) is 14.8. The van der Waals surface area contributed by atoms with Crippen LogP contribution in [0.1, 0.15) is 112 Å². The van der Waals surface area contributed by atoms with Crippen molar-refractivity contribution in [2.24, 2.45) is 50.7 Å². The lowest BCUT2D eigenvalue weighted by atomic mass is 9.41. The highest BCUT2D eigenvalue weighted by atomic mass is 16.7. The van der Waals surface area contributed by atoms with E-state index in [2.05, 4.69) is 34.6 Å². The number of methoxy groups -OCH3 is 1. The molecule has 0 aromatic rings. The van der Waals surface area contributed by atoms with Crippen LogP contribution in [0, 0.1) is 50.7 Å². The Morgan fingerprint density at radius 3 is 2.26 bits per heavy atom. The van der Waals surface area contributed by atoms with Gasteiger partial charge in [-0.15, -0.1) is 0 Å². The fourth-order valence-corrected chi connectivity index (χ4v) is 12.9. The molecular formula is C31H48O4. The van der Waals surface area contributed by atoms with Gasteiger partial charge >= 0.3 is 5.97 Å². The molecule has 0 bridgehead atoms. The van der Waals surface area contributed by atoms with Gasteiger partial charge in [0.25, 0.3) is 0 Å². The molecule has 5 aliphatic carbocycles. The van der Waals surface area contributed by atoms with Crippen molar-refractivity contribution in [2.45, 2.75) is 130 Å². The molecule has 7 rings (SSSR count). The maximum atomic E-state index is 12.4. The third-order valence-corrected chi connectivity index (χ3v) is 14.6. The Labute approximate surface area is 212 Å². The van der Waals surface area contributed by atoms with Crippen molar-refractivity contribution in [3.8, 4) is 0 Å². The molecule has 0 aromatic heterocycles. The summed E-state index contributed by atoms with van der Waals surface area (Å²) in [5, 5.41) is 0. The minimum atomic E-state index is -0.666. The summed E-state index contributed by atoms with van der Waals surface area (Å²) in [7, 11) is 1.93. The molecule has 0 unspecified atom stereocenters. The highest BCUT2D eigenvalue weighted by Crippen LogP contribution is 2.90. The molecule has 5 saturated carbocycles. The van der Waals surface area contributed by atoms with Gasteiger partial charge in [-0.2, -0.15) is 0 Å². The van der Waals surface area contributed by atoms with Gasteiger partial charge in [0.05, 0.1) is 17.6 Å². The van der Waals surface area contributed by atoms with Crippen molar-refractivity contribution in [3.05, 3.63) is 0 Å². The molecule has 4 heteroatoms. The summed E-state index contributed by atoms with van der Waals surface area (Å²) >= 11 is 0. The molecule has 7 aliphatic rings. The molecule has 0 radical (unpaired) electrons. The molecule has 2 aliphatic heterocycles. The van der Waals surface area contributed by atoms with Crippen LogP contribution in [0.3, 0.4) is 0 Å². The second-order valence-corrected chi connectivity index (χ2v) is 15.5. The summed E-state index contributed by atoms with van der Waals surface area (Å²) < 4.78 is 19.2. The van der Waals surface area contributed by atoms with E-state index >= 15 is 0 Å². The van der Waals surface area contributed by atoms with Crippen LogP contribution < -0.4 is 0 Å². The number of hydrogen-bond donors (Lipinski definition) is 0. The smallest absolute Gasteiger partial charge is 0.311 e. The van der Waals surface area contributed by atoms with Crippen molar-refractivity contribution in [1.29, 1.82) is 0 Å². The van der Waals surface area contributed by atoms with Crippen LogP contribution in [-0.4, -0.2) is 30.6 Å². The summed E-state index contributed by atoms with van der Waals surface area (Å²) in [4.78, 5) is 12.4. The third kappa shape index (κ3) is 2.35. The number of hydrogen-bond acceptors (Lipinski definition) is 4. The second kappa shape index (κ2) is 6.50. The minimum Gasteiger partial charge on any atom is -0.433 e. The average Bonchev–Trinajstić information content (AvgIpc) is 3.14. The van der Waals surface area contributed by atoms with E-state index in [1.807, 2.05) is 14.0 Å². The Morgan fingerprint density at radius 1 is 0.857 bits per heavy atom. The predicted octanol–water partition coefficient (Wildman–Crippen LogP) is 6.90. The molecule has 11 atom stereocenters. The standard InChI is InChI=1S/C31H48O4/c1-19-16-30(34-24(19)32)17-20(2)31(35-30)15-12-26(5)22-9-8-21-25(3,4)23(33-7)10-11-28(21)18-29(22,28)14-13-27(26,31)6/h19-23H,8-18H2,1-7H3/t19-,20+,21+,22+,23+,26-,27+,28-,29+,30+,31+/m1/s1. The number of ether oxygens (including phenoxy) is 3. The normalized spacial score (nSPS) is 61.8. The predicted molar refractivity (Wildman–Crippen MR) is 134 cm³/mol. The van der Waals surface area contributed by atoms with Gasteiger partial charge in [-0.25, -0.2) is 0 Å². The summed E-state index contributed by atoms with van der Waals surface area (Å²) in [6, 6.07) is 0. The van der Waals surface area contributed by atoms with Gasteiger partial charge in [0.1, 0.15) is 0 Å². The Morgan fingerprint density at radius 2 is 1.57 bits per heavy atom. The summed E-state index contributed by atoms with van der Waals surface area (Å²) in [5.41, 5.74) is 1.66. The third-order valence-electron chi connectivity index (χ3n) is 14.6. The fourth-order valence-electron chi connectivity index (χ4n) is 12.9. The first kappa shape index (κ1) is 23.5. The minimum absolute atomic E-state index is 0.0419. The molecule has 35 heavy (non-hydrogen) atoms. The molecule has 196 valence electrons. The van der Waals surface area contributed by atoms with Crippen LogP contribution in [0.15, 0.2) is 0 Å². The molecule has 0 N–H and O–H groups in total. The first-order valence-electron chi connectivity index (χ1n) is 14.8. The van der Waals surface area contributed by atoms with Gasteiger partial charge in [-0.3, -0.25) is 4.79 Å². The van der Waals surface area contributed by atoms with Crippen molar-refractivity contribution in [2.75, 3.05) is 7.11 Å². The van der Waals surface area contributed by atoms with Gasteiger partial charge in [0, 0.05) is 25.4 Å². The molecular weight excluding hydrogens is 436 g/mol. The average molecular weight is 485 g/mol. The Bertz CT molecular complexity index is 975. The number of carbonyl (C=O) groups excluding carboxylic acids is 1. The fraction of sp³-hybridized carbons (Fsp3) is 0.968. The molecule has 2 heterocycles. The van der Waals surface area contributed by atoms with Crippen molar-refractivity contribution < 1.29 is 19.0 Å².